The van der Waals surface area contributed by atoms with Crippen LogP contribution in [0.2, 0.25) is 0 Å². The summed E-state index contributed by atoms with van der Waals surface area (Å²) in [5.41, 5.74) is 0. The summed E-state index contributed by atoms with van der Waals surface area (Å²) in [5, 5.41) is 3.42. The van der Waals surface area contributed by atoms with E-state index in [1.807, 2.05) is 12.4 Å². The van der Waals surface area contributed by atoms with E-state index in [1.165, 1.54) is 12.8 Å². The molecule has 1 fully saturated rings. The normalized spacial score (nSPS) is 16.5. The molecule has 3 nitrogen and oxygen atoms in total. The highest BCUT2D eigenvalue weighted by Crippen LogP contribution is 2.23. The first-order chi connectivity index (χ1) is 6.25. The van der Waals surface area contributed by atoms with Crippen molar-refractivity contribution >= 4 is 5.95 Å². The summed E-state index contributed by atoms with van der Waals surface area (Å²) < 4.78 is 2.20. The molecule has 0 aliphatic heterocycles. The van der Waals surface area contributed by atoms with Gasteiger partial charge in [-0.1, -0.05) is 13.8 Å². The summed E-state index contributed by atoms with van der Waals surface area (Å²) in [6.45, 7) is 5.50. The number of rotatable bonds is 4. The van der Waals surface area contributed by atoms with Gasteiger partial charge in [0.2, 0.25) is 5.95 Å². The summed E-state index contributed by atoms with van der Waals surface area (Å²) in [6.07, 6.45) is 6.51. The summed E-state index contributed by atoms with van der Waals surface area (Å²) in [6, 6.07) is 0.688. The fourth-order valence-corrected chi connectivity index (χ4v) is 1.40. The molecule has 1 saturated carbocycles. The van der Waals surface area contributed by atoms with Crippen LogP contribution in [0.4, 0.5) is 5.95 Å². The molecule has 0 bridgehead atoms. The largest absolute Gasteiger partial charge is 0.353 e. The number of hydrogen-bond acceptors (Lipinski definition) is 2. The van der Waals surface area contributed by atoms with Crippen molar-refractivity contribution in [3.63, 3.8) is 0 Å². The van der Waals surface area contributed by atoms with E-state index in [4.69, 9.17) is 0 Å². The minimum atomic E-state index is 0.675. The van der Waals surface area contributed by atoms with Gasteiger partial charge in [0.05, 0.1) is 0 Å². The molecular weight excluding hydrogens is 162 g/mol. The molecule has 72 valence electrons. The van der Waals surface area contributed by atoms with Crippen molar-refractivity contribution in [1.82, 2.24) is 9.55 Å². The third-order valence-corrected chi connectivity index (χ3v) is 2.19. The average molecular weight is 179 g/mol. The van der Waals surface area contributed by atoms with Crippen LogP contribution in [0.3, 0.4) is 0 Å². The number of nitrogens with zero attached hydrogens (tertiary/aromatic N) is 2. The molecule has 1 aliphatic rings. The van der Waals surface area contributed by atoms with Crippen molar-refractivity contribution < 1.29 is 0 Å². The molecule has 0 spiro atoms. The fourth-order valence-electron chi connectivity index (χ4n) is 1.40. The monoisotopic (exact) mass is 179 g/mol. The van der Waals surface area contributed by atoms with Crippen LogP contribution in [-0.2, 0) is 6.54 Å². The van der Waals surface area contributed by atoms with Crippen LogP contribution in [0.15, 0.2) is 12.4 Å². The van der Waals surface area contributed by atoms with Crippen molar-refractivity contribution in [2.24, 2.45) is 5.92 Å². The Labute approximate surface area is 79.2 Å². The lowest BCUT2D eigenvalue weighted by Gasteiger charge is -2.10. The summed E-state index contributed by atoms with van der Waals surface area (Å²) in [5.74, 6) is 1.71. The number of hydrogen-bond donors (Lipinski definition) is 1. The second kappa shape index (κ2) is 3.40. The topological polar surface area (TPSA) is 29.9 Å². The van der Waals surface area contributed by atoms with Gasteiger partial charge in [-0.2, -0.15) is 0 Å². The molecule has 1 aromatic heterocycles. The highest BCUT2D eigenvalue weighted by molar-refractivity contribution is 5.29. The van der Waals surface area contributed by atoms with Gasteiger partial charge in [-0.05, 0) is 18.8 Å². The molecule has 0 radical (unpaired) electrons. The van der Waals surface area contributed by atoms with Crippen LogP contribution >= 0.6 is 0 Å². The van der Waals surface area contributed by atoms with Gasteiger partial charge in [0, 0.05) is 25.0 Å². The first-order valence-corrected chi connectivity index (χ1v) is 5.03. The molecule has 0 atom stereocenters. The lowest BCUT2D eigenvalue weighted by molar-refractivity contribution is 0.526. The van der Waals surface area contributed by atoms with E-state index in [2.05, 4.69) is 28.7 Å². The Morgan fingerprint density at radius 1 is 1.62 bits per heavy atom. The van der Waals surface area contributed by atoms with Crippen molar-refractivity contribution in [1.29, 1.82) is 0 Å². The van der Waals surface area contributed by atoms with Gasteiger partial charge in [-0.25, -0.2) is 4.98 Å². The summed E-state index contributed by atoms with van der Waals surface area (Å²) in [4.78, 5) is 4.30. The van der Waals surface area contributed by atoms with Gasteiger partial charge in [0.25, 0.3) is 0 Å². The fraction of sp³-hybridized carbons (Fsp3) is 0.700. The molecule has 1 N–H and O–H groups in total. The second-order valence-electron chi connectivity index (χ2n) is 4.22. The van der Waals surface area contributed by atoms with Gasteiger partial charge in [-0.3, -0.25) is 0 Å². The van der Waals surface area contributed by atoms with Crippen LogP contribution in [0, 0.1) is 5.92 Å². The van der Waals surface area contributed by atoms with Crippen LogP contribution in [0.25, 0.3) is 0 Å². The zero-order valence-electron chi connectivity index (χ0n) is 8.33. The van der Waals surface area contributed by atoms with E-state index in [0.29, 0.717) is 12.0 Å². The predicted molar refractivity (Wildman–Crippen MR) is 53.7 cm³/mol. The van der Waals surface area contributed by atoms with Crippen molar-refractivity contribution in [2.75, 3.05) is 5.32 Å². The molecular formula is C10H17N3. The Bertz CT molecular complexity index is 255. The first kappa shape index (κ1) is 8.60. The van der Waals surface area contributed by atoms with E-state index in [-0.39, 0.29) is 0 Å². The zero-order chi connectivity index (χ0) is 9.26. The first-order valence-electron chi connectivity index (χ1n) is 5.03. The van der Waals surface area contributed by atoms with Crippen LogP contribution in [-0.4, -0.2) is 15.6 Å². The van der Waals surface area contributed by atoms with Crippen molar-refractivity contribution in [3.05, 3.63) is 12.4 Å². The second-order valence-corrected chi connectivity index (χ2v) is 4.22. The molecule has 0 amide bonds. The molecule has 13 heavy (non-hydrogen) atoms. The number of anilines is 1. The molecule has 3 heteroatoms. The molecule has 1 heterocycles. The molecule has 0 unspecified atom stereocenters. The van der Waals surface area contributed by atoms with Gasteiger partial charge in [-0.15, -0.1) is 0 Å². The lowest BCUT2D eigenvalue weighted by Crippen LogP contribution is -2.11. The van der Waals surface area contributed by atoms with E-state index in [0.717, 1.165) is 12.5 Å². The average Bonchev–Trinajstić information content (AvgIpc) is 2.75. The SMILES string of the molecule is CC(C)Cn1ccnc1NC1CC1. The molecule has 1 aliphatic carbocycles. The van der Waals surface area contributed by atoms with E-state index in [9.17, 15) is 0 Å². The Kier molecular flexibility index (Phi) is 2.25. The molecule has 2 rings (SSSR count). The number of imidazole rings is 1. The maximum absolute atomic E-state index is 4.30. The van der Waals surface area contributed by atoms with Crippen molar-refractivity contribution in [2.45, 2.75) is 39.3 Å². The Balaban J connectivity index is 2.01. The molecule has 0 aromatic carbocycles. The van der Waals surface area contributed by atoms with E-state index >= 15 is 0 Å². The third kappa shape index (κ3) is 2.23. The highest BCUT2D eigenvalue weighted by atomic mass is 15.2. The van der Waals surface area contributed by atoms with Gasteiger partial charge in [0.15, 0.2) is 0 Å². The quantitative estimate of drug-likeness (QED) is 0.767. The third-order valence-electron chi connectivity index (χ3n) is 2.19. The van der Waals surface area contributed by atoms with E-state index < -0.39 is 0 Å². The standard InChI is InChI=1S/C10H17N3/c1-8(2)7-13-6-5-11-10(13)12-9-3-4-9/h5-6,8-9H,3-4,7H2,1-2H3,(H,11,12). The Morgan fingerprint density at radius 2 is 2.38 bits per heavy atom. The smallest absolute Gasteiger partial charge is 0.202 e. The molecule has 0 saturated heterocycles. The van der Waals surface area contributed by atoms with E-state index in [1.54, 1.807) is 0 Å². The molecule has 1 aromatic rings. The maximum Gasteiger partial charge on any atom is 0.202 e. The van der Waals surface area contributed by atoms with Gasteiger partial charge >= 0.3 is 0 Å². The summed E-state index contributed by atoms with van der Waals surface area (Å²) in [7, 11) is 0. The predicted octanol–water partition coefficient (Wildman–Crippen LogP) is 2.11. The zero-order valence-corrected chi connectivity index (χ0v) is 8.33. The maximum atomic E-state index is 4.30. The minimum Gasteiger partial charge on any atom is -0.353 e. The Hall–Kier alpha value is -0.990. The number of aromatic nitrogens is 2. The highest BCUT2D eigenvalue weighted by Gasteiger charge is 2.22. The van der Waals surface area contributed by atoms with Crippen LogP contribution in [0.5, 0.6) is 0 Å². The minimum absolute atomic E-state index is 0.675. The Morgan fingerprint density at radius 3 is 3.00 bits per heavy atom. The summed E-state index contributed by atoms with van der Waals surface area (Å²) >= 11 is 0. The van der Waals surface area contributed by atoms with Crippen LogP contribution in [0.1, 0.15) is 26.7 Å². The van der Waals surface area contributed by atoms with Gasteiger partial charge in [0.1, 0.15) is 0 Å². The van der Waals surface area contributed by atoms with Gasteiger partial charge < -0.3 is 9.88 Å². The van der Waals surface area contributed by atoms with Crippen LogP contribution < -0.4 is 5.32 Å². The van der Waals surface area contributed by atoms with Crippen molar-refractivity contribution in [3.8, 4) is 0 Å². The lowest BCUT2D eigenvalue weighted by atomic mass is 10.2. The number of nitrogens with one attached hydrogen (secondary N) is 1.